The van der Waals surface area contributed by atoms with Crippen LogP contribution in [0.25, 0.3) is 0 Å². The first-order chi connectivity index (χ1) is 59.7. The van der Waals surface area contributed by atoms with Gasteiger partial charge in [0.05, 0.1) is 48.8 Å². The number of hydrogen-bond donors (Lipinski definition) is 0. The maximum atomic E-state index is 9.22. The van der Waals surface area contributed by atoms with Gasteiger partial charge in [0.15, 0.2) is 33.3 Å². The van der Waals surface area contributed by atoms with Gasteiger partial charge in [-0.1, -0.05) is 268 Å². The van der Waals surface area contributed by atoms with Gasteiger partial charge in [-0.05, 0) is 177 Å². The van der Waals surface area contributed by atoms with Crippen LogP contribution in [0.1, 0.15) is 103 Å². The van der Waals surface area contributed by atoms with E-state index in [1.54, 1.807) is 0 Å². The van der Waals surface area contributed by atoms with Crippen molar-refractivity contribution in [1.29, 1.82) is 0 Å². The molecule has 10 saturated heterocycles. The third-order valence-electron chi connectivity index (χ3n) is 27.4. The van der Waals surface area contributed by atoms with Crippen LogP contribution in [0.4, 0.5) is 0 Å². The standard InChI is InChI=1S/C88H116O22Si14/c1-111(2,61-57-69-49-53-81-85(65-69)89-81)93-123(94-112(3,4)62-58-70-50-54-82-86(66-70)90-82)107-119(77-41-25-13-26-42-77)99-115(73-33-17-9-18-34-73)97-116(74-35-19-10-20-36-74)100-120(108-123,78-43-27-14-28-44-78)102-118(76-39-23-12-24-40-76)98-117(101-119,75-37-21-11-22-38-75)105-121(103-115,79-45-29-15-30-46-79)109-124(110-122(104-116,106-118)80-47-31-16-32-48-80,95-113(5,6)63-59-71-51-55-83-87(67-71)91-83)96-114(7,8)64-60-72-52-56-84-88(68-72)92-84/h9-48,69-72,81-88H,49-68H2,1-8H3. The SMILES string of the molecule is C[Si](C)(CCC1CCC2OC2C1)O[Si]1(O[Si](C)(C)CCC2CCC3OC3C2)O[Si]2(c3ccccc3)O[Si]3(c4ccccc4)O[Si]4(c5ccccc5)O[Si](O[Si](C)(C)CCC5CCC6OC6C5)(O[Si](C)(C)CCC5CCC6OC6C5)O[Si]5(c6ccccc6)O[Si](c6ccccc6)(O[Si](c6ccccc6)(O1)O[Si](c1ccccc1)(O5)O[Si](c1ccccc1)(O2)O4)O3. The van der Waals surface area contributed by atoms with Crippen molar-refractivity contribution in [3.05, 3.63) is 243 Å². The Labute approximate surface area is 745 Å². The molecule has 22 rings (SSSR count). The molecule has 12 unspecified atom stereocenters. The molecule has 8 bridgehead atoms. The minimum Gasteiger partial charge on any atom is -0.395 e. The monoisotopic (exact) mass is 1920 g/mol. The first-order valence-electron chi connectivity index (χ1n) is 45.4. The first-order valence-corrected chi connectivity index (χ1v) is 75.0. The quantitative estimate of drug-likeness (QED) is 0.0329. The van der Waals surface area contributed by atoms with Crippen LogP contribution >= 0.6 is 0 Å². The van der Waals surface area contributed by atoms with Gasteiger partial charge in [-0.15, -0.1) is 0 Å². The molecule has 0 spiro atoms. The highest BCUT2D eigenvalue weighted by atomic mass is 28.6. The highest BCUT2D eigenvalue weighted by Gasteiger charge is 2.86. The summed E-state index contributed by atoms with van der Waals surface area (Å²) < 4.78 is 188. The average molecular weight is 1920 g/mol. The van der Waals surface area contributed by atoms with Gasteiger partial charge in [-0.3, -0.25) is 0 Å². The van der Waals surface area contributed by atoms with Gasteiger partial charge in [0.25, 0.3) is 0 Å². The zero-order valence-corrected chi connectivity index (χ0v) is 86.1. The van der Waals surface area contributed by atoms with E-state index in [4.69, 9.17) is 60.1 Å². The number of hydrogen-bond acceptors (Lipinski definition) is 22. The zero-order chi connectivity index (χ0) is 84.5. The fourth-order valence-corrected chi connectivity index (χ4v) is 92.4. The molecule has 8 aromatic rings. The van der Waals surface area contributed by atoms with Crippen molar-refractivity contribution >= 4 is 163 Å². The molecule has 8 aromatic carbocycles. The van der Waals surface area contributed by atoms with Crippen molar-refractivity contribution in [1.82, 2.24) is 0 Å². The predicted molar refractivity (Wildman–Crippen MR) is 497 cm³/mol. The highest BCUT2D eigenvalue weighted by Crippen LogP contribution is 2.53. The lowest BCUT2D eigenvalue weighted by molar-refractivity contribution is -0.00677. The van der Waals surface area contributed by atoms with Gasteiger partial charge in [-0.25, -0.2) is 0 Å². The third kappa shape index (κ3) is 17.9. The number of benzene rings is 8. The second-order valence-corrected chi connectivity index (χ2v) is 85.3. The minimum absolute atomic E-state index is 0.261. The first kappa shape index (κ1) is 86.6. The van der Waals surface area contributed by atoms with Gasteiger partial charge < -0.3 is 93.0 Å². The summed E-state index contributed by atoms with van der Waals surface area (Å²) in [5, 5.41) is 3.65. The topological polar surface area (TPSA) is 216 Å². The summed E-state index contributed by atoms with van der Waals surface area (Å²) in [4.78, 5) is 0. The Morgan fingerprint density at radius 1 is 0.210 bits per heavy atom. The lowest BCUT2D eigenvalue weighted by Crippen LogP contribution is -2.94. The van der Waals surface area contributed by atoms with Crippen LogP contribution in [0.3, 0.4) is 0 Å². The van der Waals surface area contributed by atoms with Gasteiger partial charge in [0, 0.05) is 41.5 Å². The number of fused-ring (bicyclic) bond motifs is 8. The summed E-state index contributed by atoms with van der Waals surface area (Å²) in [5.74, 6) is 1.53. The summed E-state index contributed by atoms with van der Waals surface area (Å²) in [5.41, 5.74) is 0. The Hall–Kier alpha value is -4.08. The molecule has 124 heavy (non-hydrogen) atoms. The molecule has 22 nitrogen and oxygen atoms in total. The lowest BCUT2D eigenvalue weighted by Gasteiger charge is -2.61. The Morgan fingerprint density at radius 3 is 0.516 bits per heavy atom. The third-order valence-corrected chi connectivity index (χ3v) is 84.4. The van der Waals surface area contributed by atoms with Crippen molar-refractivity contribution in [3.8, 4) is 0 Å². The summed E-state index contributed by atoms with van der Waals surface area (Å²) in [6.07, 6.45) is 18.0. The maximum absolute atomic E-state index is 9.22. The molecule has 10 aliphatic heterocycles. The van der Waals surface area contributed by atoms with Crippen LogP contribution in [0.5, 0.6) is 0 Å². The van der Waals surface area contributed by atoms with Gasteiger partial charge in [0.2, 0.25) is 0 Å². The van der Waals surface area contributed by atoms with Crippen LogP contribution in [-0.2, 0) is 93.0 Å². The summed E-state index contributed by atoms with van der Waals surface area (Å²) in [6.45, 7) is 18.2. The van der Waals surface area contributed by atoms with Crippen molar-refractivity contribution in [2.24, 2.45) is 23.7 Å². The van der Waals surface area contributed by atoms with Crippen molar-refractivity contribution < 1.29 is 93.0 Å². The highest BCUT2D eigenvalue weighted by molar-refractivity contribution is 7.13. The lowest BCUT2D eigenvalue weighted by atomic mass is 9.88. The second-order valence-electron chi connectivity index (χ2n) is 39.0. The average Bonchev–Trinajstić information content (AvgIpc) is 1.19. The number of rotatable bonds is 28. The Bertz CT molecular complexity index is 4400. The molecular formula is C88H116O22Si14. The summed E-state index contributed by atoms with van der Waals surface area (Å²) in [6, 6.07) is 82.2. The van der Waals surface area contributed by atoms with Crippen LogP contribution in [0, 0.1) is 23.7 Å². The normalized spacial score (nSPS) is 38.4. The minimum atomic E-state index is -5.65. The molecule has 0 N–H and O–H groups in total. The largest absolute Gasteiger partial charge is 0.643 e. The molecule has 10 heterocycles. The molecule has 14 aliphatic rings. The second kappa shape index (κ2) is 33.6. The van der Waals surface area contributed by atoms with E-state index in [-0.39, 0.29) is 24.4 Å². The fraction of sp³-hybridized carbons (Fsp3) is 0.455. The molecule has 0 radical (unpaired) electrons. The van der Waals surface area contributed by atoms with E-state index in [2.05, 4.69) is 52.4 Å². The van der Waals surface area contributed by atoms with Crippen LogP contribution < -0.4 is 41.5 Å². The zero-order valence-electron chi connectivity index (χ0n) is 72.1. The molecule has 656 valence electrons. The predicted octanol–water partition coefficient (Wildman–Crippen LogP) is 12.6. The van der Waals surface area contributed by atoms with E-state index < -0.39 is 122 Å². The Balaban J connectivity index is 0.903. The van der Waals surface area contributed by atoms with E-state index in [0.717, 1.165) is 103 Å². The van der Waals surface area contributed by atoms with Crippen molar-refractivity contribution in [3.63, 3.8) is 0 Å². The number of ether oxygens (including phenoxy) is 4. The van der Waals surface area contributed by atoms with E-state index >= 15 is 0 Å². The Morgan fingerprint density at radius 2 is 0.363 bits per heavy atom. The molecule has 0 amide bonds. The van der Waals surface area contributed by atoms with Gasteiger partial charge in [-0.2, -0.15) is 0 Å². The summed E-state index contributed by atoms with van der Waals surface area (Å²) in [7, 11) is -69.4. The van der Waals surface area contributed by atoms with Crippen molar-refractivity contribution in [2.75, 3.05) is 0 Å². The van der Waals surface area contributed by atoms with Gasteiger partial charge in [0.1, 0.15) is 0 Å². The van der Waals surface area contributed by atoms with E-state index in [0.29, 0.717) is 114 Å². The number of epoxide rings is 4. The van der Waals surface area contributed by atoms with E-state index in [1.807, 2.05) is 243 Å². The smallest absolute Gasteiger partial charge is 0.395 e. The van der Waals surface area contributed by atoms with Crippen LogP contribution in [0.15, 0.2) is 243 Å². The van der Waals surface area contributed by atoms with Crippen LogP contribution in [0.2, 0.25) is 76.6 Å². The van der Waals surface area contributed by atoms with Crippen molar-refractivity contribution in [2.45, 2.75) is 228 Å². The van der Waals surface area contributed by atoms with E-state index in [9.17, 15) is 32.9 Å². The van der Waals surface area contributed by atoms with Crippen LogP contribution in [-0.4, -0.2) is 171 Å². The molecular weight excluding hydrogens is 1800 g/mol. The van der Waals surface area contributed by atoms with Gasteiger partial charge >= 0.3 is 88.5 Å². The fourth-order valence-electron chi connectivity index (χ4n) is 20.5. The molecule has 0 aromatic heterocycles. The molecule has 12 atom stereocenters. The Kier molecular flexibility index (Phi) is 23.5. The summed E-state index contributed by atoms with van der Waals surface area (Å²) >= 11 is 0. The molecule has 4 aliphatic carbocycles. The molecule has 14 fully saturated rings. The van der Waals surface area contributed by atoms with E-state index in [1.165, 1.54) is 0 Å². The maximum Gasteiger partial charge on any atom is 0.643 e. The molecule has 36 heteroatoms. The molecule has 4 saturated carbocycles.